The van der Waals surface area contributed by atoms with Gasteiger partial charge in [0.25, 0.3) is 0 Å². The number of furan rings is 1. The summed E-state index contributed by atoms with van der Waals surface area (Å²) in [6, 6.07) is 55.6. The molecule has 3 aromatic heterocycles. The van der Waals surface area contributed by atoms with E-state index in [1.807, 2.05) is 18.2 Å². The Morgan fingerprint density at radius 2 is 1.25 bits per heavy atom. The topological polar surface area (TPSA) is 55.9 Å². The predicted octanol–water partition coefficient (Wildman–Crippen LogP) is 13.2. The molecule has 0 amide bonds. The Labute approximate surface area is 318 Å². The molecule has 0 aliphatic heterocycles. The van der Waals surface area contributed by atoms with Gasteiger partial charge >= 0.3 is 0 Å². The Morgan fingerprint density at radius 1 is 0.564 bits per heavy atom. The summed E-state index contributed by atoms with van der Waals surface area (Å²) >= 11 is 0. The third-order valence-corrected chi connectivity index (χ3v) is 11.6. The fourth-order valence-electron chi connectivity index (χ4n) is 8.94. The molecule has 5 nitrogen and oxygen atoms in total. The zero-order valence-corrected chi connectivity index (χ0v) is 30.8. The summed E-state index contributed by atoms with van der Waals surface area (Å²) in [6.07, 6.45) is 0. The molecule has 3 heterocycles. The molecule has 0 saturated heterocycles. The van der Waals surface area contributed by atoms with E-state index in [4.69, 9.17) is 14.4 Å². The summed E-state index contributed by atoms with van der Waals surface area (Å²) in [5.74, 6) is 1.52. The molecule has 55 heavy (non-hydrogen) atoms. The molecule has 0 bridgehead atoms. The van der Waals surface area contributed by atoms with Crippen LogP contribution >= 0.6 is 0 Å². The molecule has 0 spiro atoms. The molecular weight excluding hydrogens is 673 g/mol. The van der Waals surface area contributed by atoms with Crippen LogP contribution in [0.5, 0.6) is 0 Å². The molecule has 7 aromatic carbocycles. The Kier molecular flexibility index (Phi) is 6.74. The van der Waals surface area contributed by atoms with Crippen molar-refractivity contribution in [3.05, 3.63) is 174 Å². The maximum atomic E-state index is 6.22. The monoisotopic (exact) mass is 708 g/mol. The number of anilines is 2. The molecule has 0 saturated carbocycles. The van der Waals surface area contributed by atoms with Crippen LogP contribution in [0.15, 0.2) is 162 Å². The first kappa shape index (κ1) is 31.5. The van der Waals surface area contributed by atoms with Gasteiger partial charge in [-0.15, -0.1) is 0 Å². The van der Waals surface area contributed by atoms with Crippen LogP contribution in [0.25, 0.3) is 83.2 Å². The van der Waals surface area contributed by atoms with Crippen LogP contribution in [0.4, 0.5) is 11.5 Å². The minimum atomic E-state index is -0.132. The maximum absolute atomic E-state index is 6.22. The van der Waals surface area contributed by atoms with E-state index in [2.05, 4.69) is 170 Å². The smallest absolute Gasteiger partial charge is 0.236 e. The van der Waals surface area contributed by atoms with Gasteiger partial charge in [0, 0.05) is 49.3 Å². The fraction of sp³-hybridized carbons (Fsp3) is 0.0800. The molecule has 1 aliphatic rings. The SMILES string of the molecule is Cc1ccccc1-c1c(Nc2cccc3c2-c2ccccc2C3(C)C)n(-c2nc(-c3ccc4oc5ccccc5c4c3)c3ccccc3n2)c2ccccc12. The van der Waals surface area contributed by atoms with Crippen LogP contribution in [0.1, 0.15) is 30.5 Å². The van der Waals surface area contributed by atoms with E-state index in [1.54, 1.807) is 0 Å². The first-order valence-corrected chi connectivity index (χ1v) is 18.8. The summed E-state index contributed by atoms with van der Waals surface area (Å²) in [5, 5.41) is 8.31. The predicted molar refractivity (Wildman–Crippen MR) is 227 cm³/mol. The van der Waals surface area contributed by atoms with Crippen molar-refractivity contribution in [2.75, 3.05) is 5.32 Å². The van der Waals surface area contributed by atoms with Crippen molar-refractivity contribution in [1.82, 2.24) is 14.5 Å². The highest BCUT2D eigenvalue weighted by Crippen LogP contribution is 2.53. The molecule has 0 atom stereocenters. The van der Waals surface area contributed by atoms with Gasteiger partial charge in [0.05, 0.1) is 16.7 Å². The Bertz CT molecular complexity index is 3180. The Hall–Kier alpha value is -6.98. The van der Waals surface area contributed by atoms with E-state index < -0.39 is 0 Å². The van der Waals surface area contributed by atoms with Crippen LogP contribution in [-0.4, -0.2) is 14.5 Å². The molecular formula is C50H36N4O. The first-order chi connectivity index (χ1) is 27.0. The highest BCUT2D eigenvalue weighted by atomic mass is 16.3. The molecule has 1 N–H and O–H groups in total. The summed E-state index contributed by atoms with van der Waals surface area (Å²) < 4.78 is 8.45. The van der Waals surface area contributed by atoms with Crippen molar-refractivity contribution in [2.45, 2.75) is 26.2 Å². The summed E-state index contributed by atoms with van der Waals surface area (Å²) in [6.45, 7) is 6.83. The van der Waals surface area contributed by atoms with Gasteiger partial charge in [-0.05, 0) is 77.2 Å². The number of hydrogen-bond acceptors (Lipinski definition) is 4. The van der Waals surface area contributed by atoms with Crippen LogP contribution in [0.2, 0.25) is 0 Å². The average Bonchev–Trinajstić information content (AvgIpc) is 3.83. The van der Waals surface area contributed by atoms with E-state index in [-0.39, 0.29) is 5.41 Å². The maximum Gasteiger partial charge on any atom is 0.236 e. The highest BCUT2D eigenvalue weighted by molar-refractivity contribution is 6.08. The number of fused-ring (bicyclic) bond motifs is 8. The average molecular weight is 709 g/mol. The summed E-state index contributed by atoms with van der Waals surface area (Å²) in [4.78, 5) is 10.8. The van der Waals surface area contributed by atoms with Crippen LogP contribution in [-0.2, 0) is 5.41 Å². The number of benzene rings is 7. The third kappa shape index (κ3) is 4.66. The van der Waals surface area contributed by atoms with E-state index in [0.29, 0.717) is 5.95 Å². The quantitative estimate of drug-likeness (QED) is 0.193. The van der Waals surface area contributed by atoms with E-state index in [1.165, 1.54) is 27.8 Å². The van der Waals surface area contributed by atoms with Gasteiger partial charge in [0.1, 0.15) is 17.0 Å². The van der Waals surface area contributed by atoms with E-state index >= 15 is 0 Å². The number of aryl methyl sites for hydroxylation is 1. The normalized spacial score (nSPS) is 13.1. The number of nitrogens with one attached hydrogen (secondary N) is 1. The highest BCUT2D eigenvalue weighted by Gasteiger charge is 2.37. The van der Waals surface area contributed by atoms with Gasteiger partial charge in [-0.2, -0.15) is 0 Å². The minimum absolute atomic E-state index is 0.132. The molecule has 10 aromatic rings. The second-order valence-corrected chi connectivity index (χ2v) is 15.1. The van der Waals surface area contributed by atoms with Gasteiger partial charge in [-0.3, -0.25) is 4.57 Å². The molecule has 5 heteroatoms. The second kappa shape index (κ2) is 11.8. The molecule has 0 radical (unpaired) electrons. The van der Waals surface area contributed by atoms with Crippen molar-refractivity contribution >= 4 is 55.2 Å². The van der Waals surface area contributed by atoms with Crippen molar-refractivity contribution < 1.29 is 4.42 Å². The van der Waals surface area contributed by atoms with Gasteiger partial charge < -0.3 is 9.73 Å². The van der Waals surface area contributed by atoms with Crippen molar-refractivity contribution in [3.63, 3.8) is 0 Å². The van der Waals surface area contributed by atoms with Gasteiger partial charge in [-0.25, -0.2) is 9.97 Å². The van der Waals surface area contributed by atoms with Crippen molar-refractivity contribution in [3.8, 4) is 39.5 Å². The standard InChI is InChI=1S/C50H36N4O/c1-30-15-4-5-16-32(30)45-36-20-8-12-25-42(36)54(48(45)51-41-24-14-22-39-46(41)34-18-6-10-21-38(34)50(39,2)3)49-52-40-23-11-7-19-35(40)47(53-49)31-27-28-44-37(29-31)33-17-9-13-26-43(33)55-44/h4-29,51H,1-3H3. The van der Waals surface area contributed by atoms with Crippen LogP contribution in [0, 0.1) is 6.92 Å². The van der Waals surface area contributed by atoms with Crippen LogP contribution in [0.3, 0.4) is 0 Å². The first-order valence-electron chi connectivity index (χ1n) is 18.8. The molecule has 0 fully saturated rings. The van der Waals surface area contributed by atoms with E-state index in [0.717, 1.165) is 77.6 Å². The molecule has 1 aliphatic carbocycles. The number of rotatable bonds is 5. The van der Waals surface area contributed by atoms with Gasteiger partial charge in [0.15, 0.2) is 0 Å². The lowest BCUT2D eigenvalue weighted by Gasteiger charge is -2.22. The lowest BCUT2D eigenvalue weighted by molar-refractivity contribution is 0.660. The van der Waals surface area contributed by atoms with E-state index in [9.17, 15) is 0 Å². The fourth-order valence-corrected chi connectivity index (χ4v) is 8.94. The lowest BCUT2D eigenvalue weighted by atomic mass is 9.82. The second-order valence-electron chi connectivity index (χ2n) is 15.1. The largest absolute Gasteiger partial charge is 0.456 e. The van der Waals surface area contributed by atoms with Gasteiger partial charge in [-0.1, -0.05) is 129 Å². The summed E-state index contributed by atoms with van der Waals surface area (Å²) in [7, 11) is 0. The lowest BCUT2D eigenvalue weighted by Crippen LogP contribution is -2.14. The number of para-hydroxylation sites is 3. The molecule has 262 valence electrons. The zero-order valence-electron chi connectivity index (χ0n) is 30.8. The Balaban J connectivity index is 1.21. The molecule has 0 unspecified atom stereocenters. The summed E-state index contributed by atoms with van der Waals surface area (Å²) in [5.41, 5.74) is 15.0. The van der Waals surface area contributed by atoms with Crippen molar-refractivity contribution in [1.29, 1.82) is 0 Å². The van der Waals surface area contributed by atoms with Gasteiger partial charge in [0.2, 0.25) is 5.95 Å². The third-order valence-electron chi connectivity index (χ3n) is 11.6. The number of nitrogens with zero attached hydrogens (tertiary/aromatic N) is 3. The number of aromatic nitrogens is 3. The number of hydrogen-bond donors (Lipinski definition) is 1. The zero-order chi connectivity index (χ0) is 36.8. The van der Waals surface area contributed by atoms with Crippen molar-refractivity contribution in [2.24, 2.45) is 0 Å². The Morgan fingerprint density at radius 3 is 2.13 bits per heavy atom. The minimum Gasteiger partial charge on any atom is -0.456 e. The van der Waals surface area contributed by atoms with Crippen LogP contribution < -0.4 is 5.32 Å². The molecule has 11 rings (SSSR count).